The summed E-state index contributed by atoms with van der Waals surface area (Å²) >= 11 is 3.09. The monoisotopic (exact) mass is 302 g/mol. The van der Waals surface area contributed by atoms with Gasteiger partial charge in [-0.05, 0) is 40.2 Å². The molecule has 0 fully saturated rings. The van der Waals surface area contributed by atoms with Crippen LogP contribution in [0.1, 0.15) is 12.5 Å². The Morgan fingerprint density at radius 1 is 1.41 bits per heavy atom. The largest absolute Gasteiger partial charge is 0.355 e. The molecular formula is C12H16BrFN2O. The second-order valence-electron chi connectivity index (χ2n) is 3.63. The van der Waals surface area contributed by atoms with E-state index in [1.54, 1.807) is 12.1 Å². The fraction of sp³-hybridized carbons (Fsp3) is 0.417. The molecule has 0 aromatic heterocycles. The van der Waals surface area contributed by atoms with E-state index >= 15 is 0 Å². The van der Waals surface area contributed by atoms with Gasteiger partial charge in [-0.15, -0.1) is 0 Å². The van der Waals surface area contributed by atoms with Crippen molar-refractivity contribution in [1.29, 1.82) is 0 Å². The number of likely N-dealkylation sites (N-methyl/N-ethyl adjacent to an activating group) is 1. The van der Waals surface area contributed by atoms with Gasteiger partial charge in [-0.3, -0.25) is 4.79 Å². The summed E-state index contributed by atoms with van der Waals surface area (Å²) in [6, 6.07) is 4.59. The van der Waals surface area contributed by atoms with Gasteiger partial charge in [0.25, 0.3) is 0 Å². The number of amides is 1. The van der Waals surface area contributed by atoms with E-state index in [-0.39, 0.29) is 18.1 Å². The lowest BCUT2D eigenvalue weighted by Crippen LogP contribution is -2.32. The highest BCUT2D eigenvalue weighted by atomic mass is 79.9. The lowest BCUT2D eigenvalue weighted by atomic mass is 10.1. The summed E-state index contributed by atoms with van der Waals surface area (Å²) in [5.74, 6) is -0.372. The number of nitrogens with one attached hydrogen (secondary N) is 2. The van der Waals surface area contributed by atoms with Crippen LogP contribution in [0, 0.1) is 5.82 Å². The maximum Gasteiger partial charge on any atom is 0.224 e. The lowest BCUT2D eigenvalue weighted by molar-refractivity contribution is -0.120. The van der Waals surface area contributed by atoms with Crippen LogP contribution in [0.3, 0.4) is 0 Å². The summed E-state index contributed by atoms with van der Waals surface area (Å²) < 4.78 is 13.4. The topological polar surface area (TPSA) is 41.1 Å². The van der Waals surface area contributed by atoms with E-state index in [0.29, 0.717) is 11.0 Å². The Morgan fingerprint density at radius 2 is 2.18 bits per heavy atom. The fourth-order valence-electron chi connectivity index (χ4n) is 1.36. The molecule has 1 aromatic rings. The molecule has 3 nitrogen and oxygen atoms in total. The Labute approximate surface area is 109 Å². The first-order valence-corrected chi connectivity index (χ1v) is 6.34. The van der Waals surface area contributed by atoms with Crippen LogP contribution in [0.4, 0.5) is 4.39 Å². The zero-order valence-corrected chi connectivity index (χ0v) is 11.3. The van der Waals surface area contributed by atoms with Crippen molar-refractivity contribution < 1.29 is 9.18 Å². The lowest BCUT2D eigenvalue weighted by Gasteiger charge is -2.06. The van der Waals surface area contributed by atoms with E-state index in [1.807, 2.05) is 6.92 Å². The van der Waals surface area contributed by atoms with Crippen molar-refractivity contribution in [2.45, 2.75) is 13.3 Å². The molecule has 2 N–H and O–H groups in total. The zero-order valence-electron chi connectivity index (χ0n) is 9.72. The van der Waals surface area contributed by atoms with Crippen molar-refractivity contribution >= 4 is 21.8 Å². The molecule has 0 bridgehead atoms. The van der Waals surface area contributed by atoms with E-state index in [9.17, 15) is 9.18 Å². The third-order valence-electron chi connectivity index (χ3n) is 2.22. The number of rotatable bonds is 6. The normalized spacial score (nSPS) is 10.3. The molecule has 5 heteroatoms. The van der Waals surface area contributed by atoms with Gasteiger partial charge in [0.05, 0.1) is 10.9 Å². The molecule has 17 heavy (non-hydrogen) atoms. The highest BCUT2D eigenvalue weighted by Crippen LogP contribution is 2.16. The summed E-state index contributed by atoms with van der Waals surface area (Å²) in [6.07, 6.45) is 0.269. The first-order chi connectivity index (χ1) is 8.13. The minimum absolute atomic E-state index is 0.0542. The van der Waals surface area contributed by atoms with Gasteiger partial charge < -0.3 is 10.6 Å². The number of hydrogen-bond acceptors (Lipinski definition) is 2. The third kappa shape index (κ3) is 5.28. The summed E-state index contributed by atoms with van der Waals surface area (Å²) in [5.41, 5.74) is 0.791. The van der Waals surface area contributed by atoms with Gasteiger partial charge in [0.2, 0.25) is 5.91 Å². The molecule has 1 amide bonds. The Kier molecular flexibility index (Phi) is 6.15. The molecule has 0 aliphatic carbocycles. The highest BCUT2D eigenvalue weighted by molar-refractivity contribution is 9.10. The first kappa shape index (κ1) is 14.1. The Morgan fingerprint density at radius 3 is 2.82 bits per heavy atom. The molecule has 1 aromatic carbocycles. The van der Waals surface area contributed by atoms with E-state index in [1.165, 1.54) is 6.07 Å². The molecule has 0 aliphatic rings. The average Bonchev–Trinajstić information content (AvgIpc) is 2.30. The third-order valence-corrected chi connectivity index (χ3v) is 2.83. The van der Waals surface area contributed by atoms with E-state index in [4.69, 9.17) is 0 Å². The van der Waals surface area contributed by atoms with Crippen LogP contribution in [0.25, 0.3) is 0 Å². The standard InChI is InChI=1S/C12H16BrFN2O/c1-2-15-5-6-16-12(17)8-9-3-4-11(14)10(13)7-9/h3-4,7,15H,2,5-6,8H2,1H3,(H,16,17). The molecular weight excluding hydrogens is 287 g/mol. The van der Waals surface area contributed by atoms with Crippen LogP contribution >= 0.6 is 15.9 Å². The summed E-state index contributed by atoms with van der Waals surface area (Å²) in [6.45, 7) is 4.27. The van der Waals surface area contributed by atoms with Crippen molar-refractivity contribution in [3.8, 4) is 0 Å². The van der Waals surface area contributed by atoms with Crippen molar-refractivity contribution in [1.82, 2.24) is 10.6 Å². The van der Waals surface area contributed by atoms with Crippen molar-refractivity contribution in [3.63, 3.8) is 0 Å². The Bertz CT molecular complexity index is 385. The van der Waals surface area contributed by atoms with Crippen molar-refractivity contribution in [2.24, 2.45) is 0 Å². The van der Waals surface area contributed by atoms with Gasteiger partial charge in [-0.2, -0.15) is 0 Å². The number of carbonyl (C=O) groups excluding carboxylic acids is 1. The van der Waals surface area contributed by atoms with E-state index in [2.05, 4.69) is 26.6 Å². The van der Waals surface area contributed by atoms with Gasteiger partial charge >= 0.3 is 0 Å². The Balaban J connectivity index is 2.37. The molecule has 0 spiro atoms. The van der Waals surface area contributed by atoms with Gasteiger partial charge in [-0.1, -0.05) is 13.0 Å². The predicted octanol–water partition coefficient (Wildman–Crippen LogP) is 1.86. The molecule has 94 valence electrons. The average molecular weight is 303 g/mol. The van der Waals surface area contributed by atoms with Gasteiger partial charge in [0, 0.05) is 13.1 Å². The SMILES string of the molecule is CCNCCNC(=O)Cc1ccc(F)c(Br)c1. The molecule has 0 aliphatic heterocycles. The second-order valence-corrected chi connectivity index (χ2v) is 4.48. The highest BCUT2D eigenvalue weighted by Gasteiger charge is 2.05. The molecule has 0 unspecified atom stereocenters. The van der Waals surface area contributed by atoms with Crippen LogP contribution in [0.15, 0.2) is 22.7 Å². The molecule has 0 saturated heterocycles. The van der Waals surface area contributed by atoms with Crippen LogP contribution in [0.5, 0.6) is 0 Å². The molecule has 1 rings (SSSR count). The number of carbonyl (C=O) groups is 1. The van der Waals surface area contributed by atoms with E-state index in [0.717, 1.165) is 18.7 Å². The van der Waals surface area contributed by atoms with Gasteiger partial charge in [0.15, 0.2) is 0 Å². The van der Waals surface area contributed by atoms with Crippen LogP contribution in [-0.2, 0) is 11.2 Å². The van der Waals surface area contributed by atoms with Crippen LogP contribution in [-0.4, -0.2) is 25.5 Å². The molecule has 0 heterocycles. The summed E-state index contributed by atoms with van der Waals surface area (Å²) in [7, 11) is 0. The fourth-order valence-corrected chi connectivity index (χ4v) is 1.79. The number of hydrogen-bond donors (Lipinski definition) is 2. The van der Waals surface area contributed by atoms with Crippen molar-refractivity contribution in [3.05, 3.63) is 34.1 Å². The maximum atomic E-state index is 13.0. The number of halogens is 2. The molecule has 0 radical (unpaired) electrons. The quantitative estimate of drug-likeness (QED) is 0.788. The summed E-state index contributed by atoms with van der Waals surface area (Å²) in [5, 5.41) is 5.90. The van der Waals surface area contributed by atoms with Gasteiger partial charge in [0.1, 0.15) is 5.82 Å². The minimum atomic E-state index is -0.318. The molecule has 0 saturated carbocycles. The zero-order chi connectivity index (χ0) is 12.7. The van der Waals surface area contributed by atoms with E-state index < -0.39 is 0 Å². The second kappa shape index (κ2) is 7.40. The molecule has 0 atom stereocenters. The summed E-state index contributed by atoms with van der Waals surface area (Å²) in [4.78, 5) is 11.5. The first-order valence-electron chi connectivity index (χ1n) is 5.54. The van der Waals surface area contributed by atoms with Gasteiger partial charge in [-0.25, -0.2) is 4.39 Å². The maximum absolute atomic E-state index is 13.0. The predicted molar refractivity (Wildman–Crippen MR) is 69.4 cm³/mol. The smallest absolute Gasteiger partial charge is 0.224 e. The Hall–Kier alpha value is -0.940. The minimum Gasteiger partial charge on any atom is -0.355 e. The van der Waals surface area contributed by atoms with Crippen molar-refractivity contribution in [2.75, 3.05) is 19.6 Å². The van der Waals surface area contributed by atoms with Crippen LogP contribution < -0.4 is 10.6 Å². The number of benzene rings is 1. The van der Waals surface area contributed by atoms with Crippen LogP contribution in [0.2, 0.25) is 0 Å².